The molecule has 0 atom stereocenters. The van der Waals surface area contributed by atoms with E-state index in [-0.39, 0.29) is 0 Å². The van der Waals surface area contributed by atoms with E-state index >= 15 is 0 Å². The van der Waals surface area contributed by atoms with Crippen molar-refractivity contribution >= 4 is 49.3 Å². The molecule has 10 rings (SSSR count). The maximum atomic E-state index is 6.59. The summed E-state index contributed by atoms with van der Waals surface area (Å²) in [6.07, 6.45) is 8.63. The summed E-state index contributed by atoms with van der Waals surface area (Å²) in [6, 6.07) is 48.4. The van der Waals surface area contributed by atoms with Gasteiger partial charge in [0.1, 0.15) is 5.58 Å². The van der Waals surface area contributed by atoms with E-state index in [0.717, 1.165) is 73.6 Å². The molecule has 0 N–H and O–H groups in total. The van der Waals surface area contributed by atoms with Gasteiger partial charge in [0.15, 0.2) is 23.1 Å². The highest BCUT2D eigenvalue weighted by atomic mass is 16.3. The van der Waals surface area contributed by atoms with Gasteiger partial charge in [0.2, 0.25) is 0 Å². The van der Waals surface area contributed by atoms with Gasteiger partial charge in [-0.05, 0) is 60.4 Å². The van der Waals surface area contributed by atoms with E-state index < -0.39 is 0 Å². The van der Waals surface area contributed by atoms with Crippen LogP contribution in [0.25, 0.3) is 89.2 Å². The van der Waals surface area contributed by atoms with Crippen molar-refractivity contribution in [2.75, 3.05) is 0 Å². The minimum atomic E-state index is 0.621. The molecule has 236 valence electrons. The number of furan rings is 1. The highest BCUT2D eigenvalue weighted by Gasteiger charge is 2.20. The number of para-hydroxylation sites is 2. The van der Waals surface area contributed by atoms with Crippen LogP contribution in [-0.4, -0.2) is 19.5 Å². The lowest BCUT2D eigenvalue weighted by Gasteiger charge is -2.13. The number of aromatic nitrogens is 4. The Morgan fingerprint density at radius 1 is 0.520 bits per heavy atom. The maximum Gasteiger partial charge on any atom is 0.164 e. The molecule has 1 aliphatic carbocycles. The first-order valence-corrected chi connectivity index (χ1v) is 17.0. The standard InChI is InChI=1S/C45H30N4O/c1-3-13-29(14-4-1)31-17-11-18-32(27-31)44-46-43(30-15-5-2-6-16-30)47-45(48-44)33-19-12-20-34(28-33)49-39-23-9-7-21-35(39)37-25-26-38-36-22-8-10-24-40(36)50-42(38)41(37)49/h1-3,5-13,15-28H,4,14H2. The molecule has 3 aromatic heterocycles. The summed E-state index contributed by atoms with van der Waals surface area (Å²) < 4.78 is 8.91. The molecule has 0 fully saturated rings. The van der Waals surface area contributed by atoms with Crippen molar-refractivity contribution in [3.8, 4) is 39.9 Å². The predicted molar refractivity (Wildman–Crippen MR) is 204 cm³/mol. The number of fused-ring (bicyclic) bond motifs is 7. The van der Waals surface area contributed by atoms with Crippen LogP contribution in [-0.2, 0) is 0 Å². The van der Waals surface area contributed by atoms with Crippen LogP contribution in [0.2, 0.25) is 0 Å². The minimum absolute atomic E-state index is 0.621. The number of benzene rings is 6. The van der Waals surface area contributed by atoms with Crippen molar-refractivity contribution in [2.45, 2.75) is 12.8 Å². The van der Waals surface area contributed by atoms with E-state index in [1.165, 1.54) is 16.5 Å². The molecule has 0 spiro atoms. The molecule has 50 heavy (non-hydrogen) atoms. The van der Waals surface area contributed by atoms with E-state index in [0.29, 0.717) is 17.5 Å². The Kier molecular flexibility index (Phi) is 6.56. The Morgan fingerprint density at radius 2 is 1.18 bits per heavy atom. The summed E-state index contributed by atoms with van der Waals surface area (Å²) >= 11 is 0. The van der Waals surface area contributed by atoms with Crippen molar-refractivity contribution in [1.82, 2.24) is 19.5 Å². The fourth-order valence-corrected chi connectivity index (χ4v) is 7.33. The summed E-state index contributed by atoms with van der Waals surface area (Å²) in [5.74, 6) is 1.91. The first kappa shape index (κ1) is 28.4. The van der Waals surface area contributed by atoms with Crippen molar-refractivity contribution in [3.63, 3.8) is 0 Å². The average molecular weight is 643 g/mol. The lowest BCUT2D eigenvalue weighted by Crippen LogP contribution is -2.01. The number of nitrogens with zero attached hydrogens (tertiary/aromatic N) is 4. The van der Waals surface area contributed by atoms with E-state index in [1.54, 1.807) is 0 Å². The molecule has 5 heteroatoms. The van der Waals surface area contributed by atoms with Crippen LogP contribution in [0.3, 0.4) is 0 Å². The first-order valence-electron chi connectivity index (χ1n) is 17.0. The third kappa shape index (κ3) is 4.66. The highest BCUT2D eigenvalue weighted by molar-refractivity contribution is 6.21. The number of hydrogen-bond acceptors (Lipinski definition) is 4. The van der Waals surface area contributed by atoms with Crippen LogP contribution in [0, 0.1) is 0 Å². The Bertz CT molecular complexity index is 2820. The Hall–Kier alpha value is -6.59. The van der Waals surface area contributed by atoms with Gasteiger partial charge in [0, 0.05) is 43.9 Å². The van der Waals surface area contributed by atoms with Gasteiger partial charge < -0.3 is 8.98 Å². The second-order valence-electron chi connectivity index (χ2n) is 12.8. The molecule has 1 aliphatic rings. The zero-order valence-corrected chi connectivity index (χ0v) is 27.1. The number of allylic oxidation sites excluding steroid dienone is 4. The van der Waals surface area contributed by atoms with Gasteiger partial charge in [-0.15, -0.1) is 0 Å². The third-order valence-electron chi connectivity index (χ3n) is 9.71. The summed E-state index contributed by atoms with van der Waals surface area (Å²) in [5.41, 5.74) is 10.2. The average Bonchev–Trinajstić information content (AvgIpc) is 3.75. The van der Waals surface area contributed by atoms with Gasteiger partial charge >= 0.3 is 0 Å². The minimum Gasteiger partial charge on any atom is -0.454 e. The molecule has 0 unspecified atom stereocenters. The largest absolute Gasteiger partial charge is 0.454 e. The van der Waals surface area contributed by atoms with Crippen LogP contribution in [0.15, 0.2) is 162 Å². The Morgan fingerprint density at radius 3 is 2.00 bits per heavy atom. The topological polar surface area (TPSA) is 56.7 Å². The van der Waals surface area contributed by atoms with Crippen molar-refractivity contribution in [1.29, 1.82) is 0 Å². The van der Waals surface area contributed by atoms with Crippen LogP contribution in [0.1, 0.15) is 18.4 Å². The lowest BCUT2D eigenvalue weighted by molar-refractivity contribution is 0.671. The quantitative estimate of drug-likeness (QED) is 0.187. The molecule has 3 heterocycles. The van der Waals surface area contributed by atoms with Gasteiger partial charge in [-0.1, -0.05) is 121 Å². The molecular formula is C45H30N4O. The summed E-state index contributed by atoms with van der Waals surface area (Å²) in [5, 5.41) is 4.54. The highest BCUT2D eigenvalue weighted by Crippen LogP contribution is 2.40. The summed E-state index contributed by atoms with van der Waals surface area (Å²) in [6.45, 7) is 0. The zero-order valence-electron chi connectivity index (χ0n) is 27.1. The second-order valence-corrected chi connectivity index (χ2v) is 12.8. The van der Waals surface area contributed by atoms with E-state index in [9.17, 15) is 0 Å². The summed E-state index contributed by atoms with van der Waals surface area (Å²) in [7, 11) is 0. The Labute approximate surface area is 288 Å². The van der Waals surface area contributed by atoms with Gasteiger partial charge in [-0.3, -0.25) is 0 Å². The van der Waals surface area contributed by atoms with Crippen molar-refractivity contribution in [3.05, 3.63) is 163 Å². The molecule has 9 aromatic rings. The normalized spacial score (nSPS) is 13.1. The van der Waals surface area contributed by atoms with E-state index in [1.807, 2.05) is 42.5 Å². The van der Waals surface area contributed by atoms with Crippen molar-refractivity contribution in [2.24, 2.45) is 0 Å². The Balaban J connectivity index is 1.18. The lowest BCUT2D eigenvalue weighted by atomic mass is 9.96. The summed E-state index contributed by atoms with van der Waals surface area (Å²) in [4.78, 5) is 15.2. The van der Waals surface area contributed by atoms with Gasteiger partial charge in [-0.25, -0.2) is 15.0 Å². The zero-order chi connectivity index (χ0) is 33.0. The smallest absolute Gasteiger partial charge is 0.164 e. The fourth-order valence-electron chi connectivity index (χ4n) is 7.33. The number of rotatable bonds is 5. The second kappa shape index (κ2) is 11.5. The third-order valence-corrected chi connectivity index (χ3v) is 9.71. The molecule has 0 saturated heterocycles. The molecule has 0 aliphatic heterocycles. The van der Waals surface area contributed by atoms with Crippen LogP contribution in [0.4, 0.5) is 0 Å². The molecule has 0 bridgehead atoms. The SMILES string of the molecule is C1=CCCC(c2cccc(-c3nc(-c4ccccc4)nc(-c4cccc(-n5c6ccccc6c6ccc7c8ccccc8oc7c65)c4)n3)c2)=C1. The number of hydrogen-bond donors (Lipinski definition) is 0. The maximum absolute atomic E-state index is 6.59. The molecule has 0 amide bonds. The molecule has 0 radical (unpaired) electrons. The van der Waals surface area contributed by atoms with Gasteiger partial charge in [0.25, 0.3) is 0 Å². The molecule has 6 aromatic carbocycles. The van der Waals surface area contributed by atoms with Crippen LogP contribution >= 0.6 is 0 Å². The van der Waals surface area contributed by atoms with Crippen LogP contribution in [0.5, 0.6) is 0 Å². The molecular weight excluding hydrogens is 613 g/mol. The monoisotopic (exact) mass is 642 g/mol. The predicted octanol–water partition coefficient (Wildman–Crippen LogP) is 11.6. The van der Waals surface area contributed by atoms with E-state index in [2.05, 4.69) is 120 Å². The molecule has 5 nitrogen and oxygen atoms in total. The van der Waals surface area contributed by atoms with Crippen molar-refractivity contribution < 1.29 is 4.42 Å². The van der Waals surface area contributed by atoms with Crippen LogP contribution < -0.4 is 0 Å². The molecule has 0 saturated carbocycles. The first-order chi connectivity index (χ1) is 24.8. The fraction of sp³-hybridized carbons (Fsp3) is 0.0444. The van der Waals surface area contributed by atoms with E-state index in [4.69, 9.17) is 19.4 Å². The van der Waals surface area contributed by atoms with Gasteiger partial charge in [-0.2, -0.15) is 0 Å². The van der Waals surface area contributed by atoms with Gasteiger partial charge in [0.05, 0.1) is 11.0 Å².